The summed E-state index contributed by atoms with van der Waals surface area (Å²) in [5, 5.41) is 2.46. The Morgan fingerprint density at radius 3 is 2.41 bits per heavy atom. The van der Waals surface area contributed by atoms with Crippen molar-refractivity contribution >= 4 is 6.03 Å². The Hall–Kier alpha value is -2.13. The summed E-state index contributed by atoms with van der Waals surface area (Å²) in [7, 11) is 1.49. The lowest BCUT2D eigenvalue weighted by Crippen LogP contribution is -2.53. The van der Waals surface area contributed by atoms with Crippen LogP contribution in [0.4, 0.5) is 31.1 Å². The second-order valence-electron chi connectivity index (χ2n) is 6.66. The molecule has 0 aliphatic carbocycles. The van der Waals surface area contributed by atoms with Gasteiger partial charge in [0.15, 0.2) is 5.41 Å². The lowest BCUT2D eigenvalue weighted by Gasteiger charge is -2.33. The number of likely N-dealkylation sites (tertiary alicyclic amines) is 1. The molecule has 10 heteroatoms. The van der Waals surface area contributed by atoms with E-state index in [4.69, 9.17) is 4.74 Å². The van der Waals surface area contributed by atoms with Gasteiger partial charge >= 0.3 is 18.4 Å². The molecule has 1 aromatic carbocycles. The van der Waals surface area contributed by atoms with E-state index in [0.717, 1.165) is 5.56 Å². The maximum atomic E-state index is 13.1. The van der Waals surface area contributed by atoms with Gasteiger partial charge in [0.05, 0.1) is 7.11 Å². The number of halogens is 6. The maximum absolute atomic E-state index is 13.1. The average Bonchev–Trinajstić information content (AvgIpc) is 3.01. The third-order valence-electron chi connectivity index (χ3n) is 4.69. The van der Waals surface area contributed by atoms with Crippen LogP contribution in [0.15, 0.2) is 24.3 Å². The Balaban J connectivity index is 2.02. The van der Waals surface area contributed by atoms with Gasteiger partial charge in [-0.3, -0.25) is 0 Å². The summed E-state index contributed by atoms with van der Waals surface area (Å²) in [6.45, 7) is -0.428. The molecule has 1 unspecified atom stereocenters. The van der Waals surface area contributed by atoms with Crippen molar-refractivity contribution in [2.24, 2.45) is 5.41 Å². The molecule has 152 valence electrons. The highest BCUT2D eigenvalue weighted by atomic mass is 19.4. The van der Waals surface area contributed by atoms with Crippen molar-refractivity contribution in [1.29, 1.82) is 0 Å². The molecule has 27 heavy (non-hydrogen) atoms. The Morgan fingerprint density at radius 1 is 1.26 bits per heavy atom. The summed E-state index contributed by atoms with van der Waals surface area (Å²) in [6, 6.07) is 5.54. The van der Waals surface area contributed by atoms with Crippen LogP contribution in [0.5, 0.6) is 5.75 Å². The second kappa shape index (κ2) is 7.47. The number of urea groups is 1. The van der Waals surface area contributed by atoms with Gasteiger partial charge in [-0.05, 0) is 37.5 Å². The largest absolute Gasteiger partial charge is 0.497 e. The van der Waals surface area contributed by atoms with E-state index in [1.807, 2.05) is 0 Å². The number of hydrogen-bond acceptors (Lipinski definition) is 2. The summed E-state index contributed by atoms with van der Waals surface area (Å²) in [5.74, 6) is 0.603. The van der Waals surface area contributed by atoms with Crippen molar-refractivity contribution in [3.63, 3.8) is 0 Å². The number of alkyl halides is 6. The predicted octanol–water partition coefficient (Wildman–Crippen LogP) is 4.15. The third kappa shape index (κ3) is 4.41. The number of rotatable bonds is 4. The minimum absolute atomic E-state index is 0.348. The molecule has 1 fully saturated rings. The van der Waals surface area contributed by atoms with Crippen LogP contribution in [-0.2, 0) is 6.42 Å². The van der Waals surface area contributed by atoms with Crippen LogP contribution in [0.2, 0.25) is 0 Å². The maximum Gasteiger partial charge on any atom is 0.404 e. The first kappa shape index (κ1) is 21.2. The van der Waals surface area contributed by atoms with Gasteiger partial charge < -0.3 is 15.0 Å². The van der Waals surface area contributed by atoms with Crippen LogP contribution in [0.25, 0.3) is 0 Å². The van der Waals surface area contributed by atoms with E-state index in [9.17, 15) is 31.1 Å². The minimum atomic E-state index is -5.48. The zero-order valence-electron chi connectivity index (χ0n) is 14.7. The van der Waals surface area contributed by atoms with Crippen LogP contribution in [0, 0.1) is 5.41 Å². The fraction of sp³-hybridized carbons (Fsp3) is 0.588. The molecular weight excluding hydrogens is 378 g/mol. The molecule has 2 rings (SSSR count). The number of carbonyl (C=O) groups is 1. The summed E-state index contributed by atoms with van der Waals surface area (Å²) < 4.78 is 83.6. The molecule has 4 nitrogen and oxygen atoms in total. The molecule has 1 aliphatic rings. The molecule has 1 atom stereocenters. The molecular formula is C17H20F6N2O2. The molecule has 2 amide bonds. The first-order valence-electron chi connectivity index (χ1n) is 8.21. The summed E-state index contributed by atoms with van der Waals surface area (Å²) in [4.78, 5) is 12.7. The number of nitrogens with zero attached hydrogens (tertiary/aromatic N) is 1. The first-order chi connectivity index (χ1) is 12.4. The standard InChI is InChI=1S/C17H20F6N2O2/c1-11(8-12-4-3-5-13(9-12)27-2)24-14(26)25-7-6-15(10-25,16(18,19)20)17(21,22)23/h3-5,9,11H,6-8,10H2,1-2H3,(H,24,26). The Kier molecular flexibility index (Phi) is 5.86. The lowest BCUT2D eigenvalue weighted by molar-refractivity contribution is -0.334. The summed E-state index contributed by atoms with van der Waals surface area (Å²) in [6.07, 6.45) is -11.8. The molecule has 1 aromatic rings. The highest BCUT2D eigenvalue weighted by molar-refractivity contribution is 5.75. The Labute approximate surface area is 152 Å². The smallest absolute Gasteiger partial charge is 0.404 e. The fourth-order valence-corrected chi connectivity index (χ4v) is 3.11. The van der Waals surface area contributed by atoms with Gasteiger partial charge in [0, 0.05) is 19.1 Å². The quantitative estimate of drug-likeness (QED) is 0.775. The van der Waals surface area contributed by atoms with Crippen LogP contribution in [-0.4, -0.2) is 49.5 Å². The van der Waals surface area contributed by atoms with Gasteiger partial charge in [-0.2, -0.15) is 26.3 Å². The zero-order chi connectivity index (χ0) is 20.5. The monoisotopic (exact) mass is 398 g/mol. The first-order valence-corrected chi connectivity index (χ1v) is 8.21. The van der Waals surface area contributed by atoms with E-state index in [1.165, 1.54) is 7.11 Å². The normalized spacial score (nSPS) is 18.3. The average molecular weight is 398 g/mol. The Bertz CT molecular complexity index is 660. The molecule has 0 saturated carbocycles. The highest BCUT2D eigenvalue weighted by Gasteiger charge is 2.72. The topological polar surface area (TPSA) is 41.6 Å². The summed E-state index contributed by atoms with van der Waals surface area (Å²) >= 11 is 0. The number of nitrogens with one attached hydrogen (secondary N) is 1. The summed E-state index contributed by atoms with van der Waals surface area (Å²) in [5.41, 5.74) is -3.07. The van der Waals surface area contributed by atoms with Crippen LogP contribution in [0.1, 0.15) is 18.9 Å². The SMILES string of the molecule is COc1cccc(CC(C)NC(=O)N2CCC(C(F)(F)F)(C(F)(F)F)C2)c1. The number of methoxy groups -OCH3 is 1. The molecule has 0 radical (unpaired) electrons. The van der Waals surface area contributed by atoms with Crippen LogP contribution >= 0.6 is 0 Å². The molecule has 1 N–H and O–H groups in total. The van der Waals surface area contributed by atoms with Crippen molar-refractivity contribution in [3.8, 4) is 5.75 Å². The minimum Gasteiger partial charge on any atom is -0.497 e. The number of ether oxygens (including phenoxy) is 1. The third-order valence-corrected chi connectivity index (χ3v) is 4.69. The zero-order valence-corrected chi connectivity index (χ0v) is 14.7. The van der Waals surface area contributed by atoms with Gasteiger partial charge in [0.2, 0.25) is 0 Å². The van der Waals surface area contributed by atoms with Gasteiger partial charge in [0.25, 0.3) is 0 Å². The van der Waals surface area contributed by atoms with Crippen molar-refractivity contribution in [1.82, 2.24) is 10.2 Å². The molecule has 0 aromatic heterocycles. The van der Waals surface area contributed by atoms with E-state index in [-0.39, 0.29) is 0 Å². The van der Waals surface area contributed by atoms with Crippen molar-refractivity contribution in [2.45, 2.75) is 38.2 Å². The number of hydrogen-bond donors (Lipinski definition) is 1. The van der Waals surface area contributed by atoms with Crippen molar-refractivity contribution in [3.05, 3.63) is 29.8 Å². The lowest BCUT2D eigenvalue weighted by atomic mass is 9.85. The van der Waals surface area contributed by atoms with Gasteiger partial charge in [-0.15, -0.1) is 0 Å². The number of amides is 2. The second-order valence-corrected chi connectivity index (χ2v) is 6.66. The van der Waals surface area contributed by atoms with Crippen molar-refractivity contribution < 1.29 is 35.9 Å². The van der Waals surface area contributed by atoms with Gasteiger partial charge in [-0.1, -0.05) is 12.1 Å². The predicted molar refractivity (Wildman–Crippen MR) is 85.4 cm³/mol. The van der Waals surface area contributed by atoms with E-state index in [2.05, 4.69) is 5.32 Å². The molecule has 1 heterocycles. The fourth-order valence-electron chi connectivity index (χ4n) is 3.11. The van der Waals surface area contributed by atoms with E-state index < -0.39 is 49.4 Å². The Morgan fingerprint density at radius 2 is 1.89 bits per heavy atom. The highest BCUT2D eigenvalue weighted by Crippen LogP contribution is 2.55. The van der Waals surface area contributed by atoms with Crippen LogP contribution in [0.3, 0.4) is 0 Å². The molecule has 0 spiro atoms. The number of carbonyl (C=O) groups excluding carboxylic acids is 1. The van der Waals surface area contributed by atoms with Gasteiger partial charge in [0.1, 0.15) is 5.75 Å². The van der Waals surface area contributed by atoms with E-state index >= 15 is 0 Å². The van der Waals surface area contributed by atoms with E-state index in [1.54, 1.807) is 31.2 Å². The van der Waals surface area contributed by atoms with E-state index in [0.29, 0.717) is 17.1 Å². The molecule has 1 aliphatic heterocycles. The van der Waals surface area contributed by atoms with Crippen molar-refractivity contribution in [2.75, 3.05) is 20.2 Å². The van der Waals surface area contributed by atoms with Gasteiger partial charge in [-0.25, -0.2) is 4.79 Å². The number of benzene rings is 1. The molecule has 1 saturated heterocycles. The van der Waals surface area contributed by atoms with Crippen LogP contribution < -0.4 is 10.1 Å². The molecule has 0 bridgehead atoms.